The van der Waals surface area contributed by atoms with Crippen molar-refractivity contribution in [2.75, 3.05) is 26.8 Å². The van der Waals surface area contributed by atoms with Gasteiger partial charge in [-0.05, 0) is 63.8 Å². The zero-order valence-corrected chi connectivity index (χ0v) is 25.1. The summed E-state index contributed by atoms with van der Waals surface area (Å²) >= 11 is 0. The van der Waals surface area contributed by atoms with Crippen molar-refractivity contribution < 1.29 is 29.0 Å². The largest absolute Gasteiger partial charge is 0.480 e. The summed E-state index contributed by atoms with van der Waals surface area (Å²) in [7, 11) is 1.45. The molecule has 0 saturated heterocycles. The van der Waals surface area contributed by atoms with E-state index in [0.717, 1.165) is 49.4 Å². The molecule has 2 N–H and O–H groups in total. The van der Waals surface area contributed by atoms with Gasteiger partial charge in [0.2, 0.25) is 0 Å². The number of carbonyl (C=O) groups excluding carboxylic acids is 2. The fourth-order valence-electron chi connectivity index (χ4n) is 6.61. The topological polar surface area (TPSA) is 105 Å². The highest BCUT2D eigenvalue weighted by atomic mass is 16.6. The predicted molar refractivity (Wildman–Crippen MR) is 171 cm³/mol. The Bertz CT molecular complexity index is 1630. The van der Waals surface area contributed by atoms with Gasteiger partial charge in [0.1, 0.15) is 19.3 Å². The van der Waals surface area contributed by atoms with Gasteiger partial charge in [-0.15, -0.1) is 0 Å². The van der Waals surface area contributed by atoms with Crippen LogP contribution in [0.5, 0.6) is 0 Å². The minimum atomic E-state index is -1.10. The first kappa shape index (κ1) is 29.9. The third-order valence-corrected chi connectivity index (χ3v) is 8.89. The summed E-state index contributed by atoms with van der Waals surface area (Å²) in [6.07, 6.45) is 0.0553. The number of hydrogen-bond donors (Lipinski definition) is 2. The summed E-state index contributed by atoms with van der Waals surface area (Å²) in [6, 6.07) is 31.4. The van der Waals surface area contributed by atoms with Gasteiger partial charge in [-0.2, -0.15) is 0 Å². The fourth-order valence-corrected chi connectivity index (χ4v) is 6.61. The van der Waals surface area contributed by atoms with E-state index >= 15 is 0 Å². The van der Waals surface area contributed by atoms with E-state index in [-0.39, 0.29) is 31.5 Å². The quantitative estimate of drug-likeness (QED) is 0.178. The van der Waals surface area contributed by atoms with E-state index in [0.29, 0.717) is 19.4 Å². The van der Waals surface area contributed by atoms with Gasteiger partial charge < -0.3 is 19.9 Å². The monoisotopic (exact) mass is 604 g/mol. The lowest BCUT2D eigenvalue weighted by Crippen LogP contribution is -2.43. The molecule has 2 aliphatic rings. The van der Waals surface area contributed by atoms with Crippen molar-refractivity contribution in [3.8, 4) is 22.3 Å². The standard InChI is InChI=1S/C37H36N2O6/c1-39(37(43)45-23-33-30-18-8-4-14-26(30)27-15-5-9-19-31(27)33)34(35(40)41)20-10-11-21-38-36(42)44-22-32-28-16-6-2-12-24(28)25-13-3-7-17-29(25)32/h2-9,12-19,32-34H,10-11,20-23H2,1H3,(H,38,42)(H,40,41)/t34-/m1/s1. The van der Waals surface area contributed by atoms with Gasteiger partial charge in [0.05, 0.1) is 0 Å². The number of likely N-dealkylation sites (N-methyl/N-ethyl adjacent to an activating group) is 1. The molecule has 0 saturated carbocycles. The second-order valence-electron chi connectivity index (χ2n) is 11.5. The van der Waals surface area contributed by atoms with Crippen molar-refractivity contribution in [1.29, 1.82) is 0 Å². The highest BCUT2D eigenvalue weighted by molar-refractivity contribution is 5.81. The van der Waals surface area contributed by atoms with Crippen LogP contribution in [0.1, 0.15) is 53.4 Å². The lowest BCUT2D eigenvalue weighted by Gasteiger charge is -2.25. The van der Waals surface area contributed by atoms with Crippen LogP contribution in [-0.4, -0.2) is 61.0 Å². The molecule has 0 bridgehead atoms. The number of fused-ring (bicyclic) bond motifs is 6. The molecule has 4 aromatic rings. The molecule has 2 aliphatic carbocycles. The van der Waals surface area contributed by atoms with Crippen molar-refractivity contribution in [2.45, 2.75) is 37.1 Å². The average molecular weight is 605 g/mol. The minimum absolute atomic E-state index is 0.0204. The molecular formula is C37H36N2O6. The van der Waals surface area contributed by atoms with Crippen LogP contribution in [0.25, 0.3) is 22.3 Å². The maximum Gasteiger partial charge on any atom is 0.410 e. The Labute approximate surface area is 262 Å². The molecule has 2 amide bonds. The number of ether oxygens (including phenoxy) is 2. The first-order chi connectivity index (χ1) is 21.9. The Kier molecular flexibility index (Phi) is 8.82. The molecule has 0 aromatic heterocycles. The van der Waals surface area contributed by atoms with E-state index < -0.39 is 24.2 Å². The van der Waals surface area contributed by atoms with Gasteiger partial charge in [0.15, 0.2) is 0 Å². The second-order valence-corrected chi connectivity index (χ2v) is 11.5. The Morgan fingerprint density at radius 2 is 1.11 bits per heavy atom. The molecule has 0 heterocycles. The van der Waals surface area contributed by atoms with Gasteiger partial charge >= 0.3 is 18.2 Å². The molecule has 45 heavy (non-hydrogen) atoms. The van der Waals surface area contributed by atoms with E-state index in [1.165, 1.54) is 7.05 Å². The molecule has 0 radical (unpaired) electrons. The molecule has 1 atom stereocenters. The summed E-state index contributed by atoms with van der Waals surface area (Å²) in [6.45, 7) is 0.678. The van der Waals surface area contributed by atoms with E-state index in [9.17, 15) is 19.5 Å². The fraction of sp³-hybridized carbons (Fsp3) is 0.270. The molecule has 0 aliphatic heterocycles. The first-order valence-electron chi connectivity index (χ1n) is 15.3. The maximum atomic E-state index is 12.9. The number of carboxylic acid groups (broad SMARTS) is 1. The number of hydrogen-bond acceptors (Lipinski definition) is 5. The number of rotatable bonds is 11. The van der Waals surface area contributed by atoms with Gasteiger partial charge in [0.25, 0.3) is 0 Å². The lowest BCUT2D eigenvalue weighted by molar-refractivity contribution is -0.142. The molecule has 4 aromatic carbocycles. The van der Waals surface area contributed by atoms with Crippen LogP contribution < -0.4 is 5.32 Å². The number of aliphatic carboxylic acids is 1. The number of carbonyl (C=O) groups is 3. The van der Waals surface area contributed by atoms with Crippen LogP contribution in [0.15, 0.2) is 97.1 Å². The van der Waals surface area contributed by atoms with E-state index in [1.54, 1.807) is 0 Å². The predicted octanol–water partition coefficient (Wildman–Crippen LogP) is 7.03. The van der Waals surface area contributed by atoms with Crippen LogP contribution in [0.4, 0.5) is 9.59 Å². The molecule has 230 valence electrons. The molecule has 6 rings (SSSR count). The van der Waals surface area contributed by atoms with Gasteiger partial charge in [-0.25, -0.2) is 14.4 Å². The Morgan fingerprint density at radius 1 is 0.689 bits per heavy atom. The molecule has 8 heteroatoms. The number of benzene rings is 4. The molecule has 8 nitrogen and oxygen atoms in total. The normalized spacial score (nSPS) is 13.6. The Hall–Kier alpha value is -5.11. The third-order valence-electron chi connectivity index (χ3n) is 8.89. The van der Waals surface area contributed by atoms with Crippen molar-refractivity contribution in [1.82, 2.24) is 10.2 Å². The zero-order chi connectivity index (χ0) is 31.3. The Morgan fingerprint density at radius 3 is 1.56 bits per heavy atom. The van der Waals surface area contributed by atoms with E-state index in [1.807, 2.05) is 60.7 Å². The van der Waals surface area contributed by atoms with Crippen LogP contribution in [0, 0.1) is 0 Å². The summed E-state index contributed by atoms with van der Waals surface area (Å²) in [5.74, 6) is -1.23. The number of unbranched alkanes of at least 4 members (excludes halogenated alkanes) is 1. The SMILES string of the molecule is CN(C(=O)OCC1c2ccccc2-c2ccccc21)[C@H](CCCCNC(=O)OCC1c2ccccc2-c2ccccc21)C(=O)O. The number of carboxylic acids is 1. The number of amides is 2. The van der Waals surface area contributed by atoms with Crippen LogP contribution in [-0.2, 0) is 14.3 Å². The third kappa shape index (κ3) is 6.13. The van der Waals surface area contributed by atoms with Crippen molar-refractivity contribution in [3.63, 3.8) is 0 Å². The number of alkyl carbamates (subject to hydrolysis) is 1. The average Bonchev–Trinajstić information content (AvgIpc) is 3.56. The van der Waals surface area contributed by atoms with E-state index in [2.05, 4.69) is 41.7 Å². The van der Waals surface area contributed by atoms with Gasteiger partial charge in [-0.3, -0.25) is 4.90 Å². The number of nitrogens with zero attached hydrogens (tertiary/aromatic N) is 1. The lowest BCUT2D eigenvalue weighted by atomic mass is 9.98. The molecular weight excluding hydrogens is 568 g/mol. The zero-order valence-electron chi connectivity index (χ0n) is 25.1. The molecule has 0 fully saturated rings. The molecule has 0 unspecified atom stereocenters. The Balaban J connectivity index is 0.948. The smallest absolute Gasteiger partial charge is 0.410 e. The highest BCUT2D eigenvalue weighted by Gasteiger charge is 2.32. The van der Waals surface area contributed by atoms with Gasteiger partial charge in [-0.1, -0.05) is 97.1 Å². The van der Waals surface area contributed by atoms with Crippen LogP contribution in [0.2, 0.25) is 0 Å². The minimum Gasteiger partial charge on any atom is -0.480 e. The molecule has 0 spiro atoms. The van der Waals surface area contributed by atoms with Crippen LogP contribution >= 0.6 is 0 Å². The van der Waals surface area contributed by atoms with Gasteiger partial charge in [0, 0.05) is 25.4 Å². The van der Waals surface area contributed by atoms with Crippen molar-refractivity contribution in [2.24, 2.45) is 0 Å². The van der Waals surface area contributed by atoms with Crippen molar-refractivity contribution in [3.05, 3.63) is 119 Å². The summed E-state index contributed by atoms with van der Waals surface area (Å²) in [4.78, 5) is 38.6. The second kappa shape index (κ2) is 13.3. The van der Waals surface area contributed by atoms with Crippen LogP contribution in [0.3, 0.4) is 0 Å². The van der Waals surface area contributed by atoms with E-state index in [4.69, 9.17) is 9.47 Å². The van der Waals surface area contributed by atoms with Crippen molar-refractivity contribution >= 4 is 18.2 Å². The highest BCUT2D eigenvalue weighted by Crippen LogP contribution is 2.45. The first-order valence-corrected chi connectivity index (χ1v) is 15.3. The summed E-state index contributed by atoms with van der Waals surface area (Å²) in [5.41, 5.74) is 9.05. The summed E-state index contributed by atoms with van der Waals surface area (Å²) < 4.78 is 11.2. The number of nitrogens with one attached hydrogen (secondary N) is 1. The maximum absolute atomic E-state index is 12.9. The summed E-state index contributed by atoms with van der Waals surface area (Å²) in [5, 5.41) is 12.6.